The molecule has 3 rings (SSSR count). The molecule has 1 aromatic heterocycles. The van der Waals surface area contributed by atoms with E-state index >= 15 is 0 Å². The Labute approximate surface area is 176 Å². The van der Waals surface area contributed by atoms with Gasteiger partial charge in [0, 0.05) is 24.6 Å². The molecule has 0 aliphatic rings. The number of nitrogens with two attached hydrogens (primary N) is 1. The highest BCUT2D eigenvalue weighted by molar-refractivity contribution is 7.89. The van der Waals surface area contributed by atoms with Crippen LogP contribution in [0.5, 0.6) is 0 Å². The maximum Gasteiger partial charge on any atom is 0.316 e. The largest absolute Gasteiger partial charge is 0.325 e. The first-order chi connectivity index (χ1) is 14.6. The van der Waals surface area contributed by atoms with Gasteiger partial charge >= 0.3 is 11.1 Å². The molecule has 31 heavy (non-hydrogen) atoms. The summed E-state index contributed by atoms with van der Waals surface area (Å²) >= 11 is 0. The van der Waals surface area contributed by atoms with Gasteiger partial charge in [-0.15, -0.1) is 0 Å². The van der Waals surface area contributed by atoms with Crippen molar-refractivity contribution in [1.29, 1.82) is 0 Å². The topological polar surface area (TPSA) is 133 Å². The van der Waals surface area contributed by atoms with Crippen LogP contribution in [0.1, 0.15) is 5.56 Å². The summed E-state index contributed by atoms with van der Waals surface area (Å²) in [6.07, 6.45) is 3.10. The summed E-state index contributed by atoms with van der Waals surface area (Å²) < 4.78 is 37.7. The number of hydrogen-bond donors (Lipinski definition) is 2. The van der Waals surface area contributed by atoms with Crippen molar-refractivity contribution in [2.45, 2.75) is 24.4 Å². The second-order valence-corrected chi connectivity index (χ2v) is 8.29. The van der Waals surface area contributed by atoms with Crippen molar-refractivity contribution in [2.24, 2.45) is 5.14 Å². The Morgan fingerprint density at radius 2 is 1.52 bits per heavy atom. The first kappa shape index (κ1) is 22.1. The van der Waals surface area contributed by atoms with E-state index in [1.165, 1.54) is 53.4 Å². The Morgan fingerprint density at radius 1 is 0.935 bits per heavy atom. The van der Waals surface area contributed by atoms with Gasteiger partial charge in [-0.3, -0.25) is 19.0 Å². The van der Waals surface area contributed by atoms with E-state index in [1.54, 1.807) is 12.1 Å². The van der Waals surface area contributed by atoms with Gasteiger partial charge in [0.15, 0.2) is 0 Å². The molecule has 162 valence electrons. The summed E-state index contributed by atoms with van der Waals surface area (Å²) in [6, 6.07) is 11.0. The molecule has 0 unspecified atom stereocenters. The van der Waals surface area contributed by atoms with Crippen molar-refractivity contribution < 1.29 is 17.6 Å². The van der Waals surface area contributed by atoms with Crippen LogP contribution in [0.25, 0.3) is 0 Å². The third-order valence-electron chi connectivity index (χ3n) is 4.47. The van der Waals surface area contributed by atoms with Crippen LogP contribution in [-0.4, -0.2) is 23.5 Å². The van der Waals surface area contributed by atoms with E-state index < -0.39 is 32.9 Å². The molecule has 3 N–H and O–H groups in total. The minimum Gasteiger partial charge on any atom is -0.325 e. The second kappa shape index (κ2) is 9.06. The summed E-state index contributed by atoms with van der Waals surface area (Å²) in [5.41, 5.74) is -0.539. The number of sulfonamides is 1. The van der Waals surface area contributed by atoms with Gasteiger partial charge in [0.05, 0.1) is 4.90 Å². The van der Waals surface area contributed by atoms with Crippen molar-refractivity contribution in [3.8, 4) is 0 Å². The average molecular weight is 446 g/mol. The fourth-order valence-electron chi connectivity index (χ4n) is 2.83. The molecule has 9 nitrogen and oxygen atoms in total. The summed E-state index contributed by atoms with van der Waals surface area (Å²) in [4.78, 5) is 36.7. The molecular formula is C20H19FN4O5S. The maximum atomic E-state index is 12.9. The van der Waals surface area contributed by atoms with Gasteiger partial charge in [-0.05, 0) is 48.4 Å². The lowest BCUT2D eigenvalue weighted by Gasteiger charge is -2.10. The molecule has 0 aliphatic heterocycles. The number of halogens is 1. The Bertz CT molecular complexity index is 1310. The third kappa shape index (κ3) is 5.74. The van der Waals surface area contributed by atoms with Crippen molar-refractivity contribution >= 4 is 21.6 Å². The Balaban J connectivity index is 1.66. The van der Waals surface area contributed by atoms with E-state index in [0.29, 0.717) is 12.1 Å². The number of hydrogen-bond acceptors (Lipinski definition) is 5. The Hall–Kier alpha value is -3.57. The van der Waals surface area contributed by atoms with Gasteiger partial charge in [-0.2, -0.15) is 0 Å². The van der Waals surface area contributed by atoms with Crippen LogP contribution in [0, 0.1) is 5.82 Å². The van der Waals surface area contributed by atoms with Crippen molar-refractivity contribution in [2.75, 3.05) is 5.32 Å². The molecule has 0 fully saturated rings. The number of nitrogens with zero attached hydrogens (tertiary/aromatic N) is 2. The first-order valence-corrected chi connectivity index (χ1v) is 10.7. The molecule has 1 amide bonds. The normalized spacial score (nSPS) is 11.3. The molecule has 2 aromatic carbocycles. The molecular weight excluding hydrogens is 427 g/mol. The lowest BCUT2D eigenvalue weighted by Crippen LogP contribution is -2.42. The monoisotopic (exact) mass is 446 g/mol. The zero-order valence-electron chi connectivity index (χ0n) is 16.2. The molecule has 3 aromatic rings. The number of rotatable bonds is 7. The van der Waals surface area contributed by atoms with Crippen LogP contribution in [0.3, 0.4) is 0 Å². The number of carbonyl (C=O) groups excluding carboxylic acids is 1. The number of aryl methyl sites for hydroxylation is 2. The second-order valence-electron chi connectivity index (χ2n) is 6.72. The number of primary sulfonamides is 1. The SMILES string of the molecule is NS(=O)(=O)c1ccc(CCn2ccn(CC(=O)Nc3ccc(F)cc3)c(=O)c2=O)cc1. The van der Waals surface area contributed by atoms with E-state index in [2.05, 4.69) is 5.32 Å². The van der Waals surface area contributed by atoms with E-state index in [-0.39, 0.29) is 18.0 Å². The standard InChI is InChI=1S/C20H19FN4O5S/c21-15-3-5-16(6-4-15)23-18(26)13-25-12-11-24(19(27)20(25)28)10-9-14-1-7-17(8-2-14)31(22,29)30/h1-8,11-12H,9-10,13H2,(H,23,26)(H2,22,29,30). The molecule has 0 bridgehead atoms. The summed E-state index contributed by atoms with van der Waals surface area (Å²) in [6.45, 7) is -0.188. The minimum absolute atomic E-state index is 0.0186. The van der Waals surface area contributed by atoms with Crippen LogP contribution < -0.4 is 21.6 Å². The summed E-state index contributed by atoms with van der Waals surface area (Å²) in [5.74, 6) is -0.987. The lowest BCUT2D eigenvalue weighted by atomic mass is 10.1. The van der Waals surface area contributed by atoms with E-state index in [1.807, 2.05) is 0 Å². The van der Waals surface area contributed by atoms with Crippen molar-refractivity contribution in [3.63, 3.8) is 0 Å². The van der Waals surface area contributed by atoms with E-state index in [0.717, 1.165) is 10.1 Å². The molecule has 11 heteroatoms. The highest BCUT2D eigenvalue weighted by Crippen LogP contribution is 2.10. The zero-order valence-corrected chi connectivity index (χ0v) is 17.0. The average Bonchev–Trinajstić information content (AvgIpc) is 2.72. The number of nitrogens with one attached hydrogen (secondary N) is 1. The van der Waals surface area contributed by atoms with Crippen LogP contribution in [0.15, 0.2) is 75.4 Å². The van der Waals surface area contributed by atoms with Gasteiger partial charge in [-0.1, -0.05) is 12.1 Å². The third-order valence-corrected chi connectivity index (χ3v) is 5.40. The number of amides is 1. The lowest BCUT2D eigenvalue weighted by molar-refractivity contribution is -0.116. The van der Waals surface area contributed by atoms with Crippen molar-refractivity contribution in [1.82, 2.24) is 9.13 Å². The van der Waals surface area contributed by atoms with E-state index in [9.17, 15) is 27.2 Å². The number of anilines is 1. The van der Waals surface area contributed by atoms with Crippen molar-refractivity contribution in [3.05, 3.63) is 93.0 Å². The zero-order chi connectivity index (χ0) is 22.6. The van der Waals surface area contributed by atoms with Gasteiger partial charge in [0.1, 0.15) is 12.4 Å². The smallest absolute Gasteiger partial charge is 0.316 e. The number of aromatic nitrogens is 2. The molecule has 0 saturated heterocycles. The van der Waals surface area contributed by atoms with Gasteiger partial charge < -0.3 is 9.88 Å². The van der Waals surface area contributed by atoms with Crippen LogP contribution >= 0.6 is 0 Å². The van der Waals surface area contributed by atoms with Crippen LogP contribution in [0.4, 0.5) is 10.1 Å². The molecule has 0 saturated carbocycles. The fourth-order valence-corrected chi connectivity index (χ4v) is 3.34. The predicted molar refractivity (Wildman–Crippen MR) is 112 cm³/mol. The highest BCUT2D eigenvalue weighted by atomic mass is 32.2. The van der Waals surface area contributed by atoms with Crippen LogP contribution in [0.2, 0.25) is 0 Å². The van der Waals surface area contributed by atoms with Gasteiger partial charge in [-0.25, -0.2) is 17.9 Å². The minimum atomic E-state index is -3.78. The maximum absolute atomic E-state index is 12.9. The number of carbonyl (C=O) groups is 1. The number of benzene rings is 2. The summed E-state index contributed by atoms with van der Waals surface area (Å²) in [5, 5.41) is 7.57. The van der Waals surface area contributed by atoms with E-state index in [4.69, 9.17) is 5.14 Å². The molecule has 1 heterocycles. The molecule has 0 aliphatic carbocycles. The predicted octanol–water partition coefficient (Wildman–Crippen LogP) is 0.678. The van der Waals surface area contributed by atoms with Gasteiger partial charge in [0.2, 0.25) is 15.9 Å². The summed E-state index contributed by atoms with van der Waals surface area (Å²) in [7, 11) is -3.78. The van der Waals surface area contributed by atoms with Gasteiger partial charge in [0.25, 0.3) is 0 Å². The van der Waals surface area contributed by atoms with Crippen LogP contribution in [-0.2, 0) is 34.3 Å². The highest BCUT2D eigenvalue weighted by Gasteiger charge is 2.10. The Morgan fingerprint density at radius 3 is 2.13 bits per heavy atom. The molecule has 0 spiro atoms. The fraction of sp³-hybridized carbons (Fsp3) is 0.150. The molecule has 0 radical (unpaired) electrons. The quantitative estimate of drug-likeness (QED) is 0.515. The Kier molecular flexibility index (Phi) is 6.47. The first-order valence-electron chi connectivity index (χ1n) is 9.10. The molecule has 0 atom stereocenters.